The number of nitrogens with two attached hydrogens (primary N) is 1. The van der Waals surface area contributed by atoms with E-state index in [1.54, 1.807) is 0 Å². The van der Waals surface area contributed by atoms with Crippen LogP contribution in [-0.4, -0.2) is 42.8 Å². The fourth-order valence-corrected chi connectivity index (χ4v) is 4.71. The molecule has 2 N–H and O–H groups in total. The topological polar surface area (TPSA) is 38.5 Å². The number of rotatable bonds is 3. The minimum absolute atomic E-state index is 0.522. The molecule has 3 aliphatic rings. The first-order valence-corrected chi connectivity index (χ1v) is 8.41. The Kier molecular flexibility index (Phi) is 4.45. The van der Waals surface area contributed by atoms with E-state index in [1.165, 1.54) is 44.9 Å². The molecule has 19 heavy (non-hydrogen) atoms. The van der Waals surface area contributed by atoms with E-state index in [0.717, 1.165) is 37.6 Å². The summed E-state index contributed by atoms with van der Waals surface area (Å²) in [5.74, 6) is 1.65. The molecule has 0 spiro atoms. The molecule has 3 rings (SSSR count). The van der Waals surface area contributed by atoms with Gasteiger partial charge in [0.1, 0.15) is 0 Å². The number of fused-ring (bicyclic) bond motifs is 1. The zero-order valence-corrected chi connectivity index (χ0v) is 12.4. The summed E-state index contributed by atoms with van der Waals surface area (Å²) >= 11 is 0. The third kappa shape index (κ3) is 2.70. The normalized spacial score (nSPS) is 44.2. The van der Waals surface area contributed by atoms with Gasteiger partial charge < -0.3 is 10.5 Å². The van der Waals surface area contributed by atoms with Crippen LogP contribution in [0.4, 0.5) is 0 Å². The van der Waals surface area contributed by atoms with Crippen molar-refractivity contribution in [2.75, 3.05) is 19.7 Å². The lowest BCUT2D eigenvalue weighted by Gasteiger charge is -2.48. The highest BCUT2D eigenvalue weighted by molar-refractivity contribution is 4.96. The fraction of sp³-hybridized carbons (Fsp3) is 1.00. The molecule has 0 radical (unpaired) electrons. The van der Waals surface area contributed by atoms with E-state index in [2.05, 4.69) is 11.8 Å². The van der Waals surface area contributed by atoms with E-state index in [4.69, 9.17) is 10.5 Å². The molecule has 5 unspecified atom stereocenters. The van der Waals surface area contributed by atoms with Crippen molar-refractivity contribution in [1.82, 2.24) is 4.90 Å². The van der Waals surface area contributed by atoms with Gasteiger partial charge in [0.05, 0.1) is 12.7 Å². The number of hydrogen-bond acceptors (Lipinski definition) is 3. The predicted molar refractivity (Wildman–Crippen MR) is 78.0 cm³/mol. The monoisotopic (exact) mass is 266 g/mol. The minimum atomic E-state index is 0.522. The maximum atomic E-state index is 6.07. The van der Waals surface area contributed by atoms with Crippen molar-refractivity contribution in [1.29, 1.82) is 0 Å². The molecule has 0 bridgehead atoms. The average Bonchev–Trinajstić information content (AvgIpc) is 2.94. The molecular weight excluding hydrogens is 236 g/mol. The first kappa shape index (κ1) is 13.8. The largest absolute Gasteiger partial charge is 0.375 e. The maximum absolute atomic E-state index is 6.07. The van der Waals surface area contributed by atoms with Crippen LogP contribution >= 0.6 is 0 Å². The van der Waals surface area contributed by atoms with Gasteiger partial charge in [0, 0.05) is 18.6 Å². The van der Waals surface area contributed by atoms with Gasteiger partial charge in [-0.1, -0.05) is 19.8 Å². The summed E-state index contributed by atoms with van der Waals surface area (Å²) in [6.45, 7) is 5.29. The van der Waals surface area contributed by atoms with Crippen molar-refractivity contribution in [3.05, 3.63) is 0 Å². The van der Waals surface area contributed by atoms with Gasteiger partial charge >= 0.3 is 0 Å². The summed E-state index contributed by atoms with van der Waals surface area (Å²) in [5, 5.41) is 0. The molecule has 2 aliphatic carbocycles. The van der Waals surface area contributed by atoms with Crippen molar-refractivity contribution >= 4 is 0 Å². The lowest BCUT2D eigenvalue weighted by Crippen LogP contribution is -2.57. The van der Waals surface area contributed by atoms with Crippen LogP contribution in [0.25, 0.3) is 0 Å². The smallest absolute Gasteiger partial charge is 0.0731 e. The Morgan fingerprint density at radius 2 is 2.05 bits per heavy atom. The first-order chi connectivity index (χ1) is 9.33. The van der Waals surface area contributed by atoms with Gasteiger partial charge in [0.2, 0.25) is 0 Å². The van der Waals surface area contributed by atoms with Crippen LogP contribution in [0, 0.1) is 11.8 Å². The second-order valence-electron chi connectivity index (χ2n) is 6.80. The summed E-state index contributed by atoms with van der Waals surface area (Å²) in [6, 6.07) is 1.43. The second-order valence-corrected chi connectivity index (χ2v) is 6.80. The van der Waals surface area contributed by atoms with E-state index >= 15 is 0 Å². The van der Waals surface area contributed by atoms with Crippen LogP contribution in [-0.2, 0) is 4.74 Å². The molecule has 1 heterocycles. The SMILES string of the molecule is CCC1CCC(CN)C(N2CCOC3CCCC32)C1. The van der Waals surface area contributed by atoms with Crippen LogP contribution in [0.2, 0.25) is 0 Å². The Bertz CT molecular complexity index is 296. The molecule has 0 amide bonds. The van der Waals surface area contributed by atoms with Crippen LogP contribution < -0.4 is 5.73 Å². The minimum Gasteiger partial charge on any atom is -0.375 e. The summed E-state index contributed by atoms with van der Waals surface area (Å²) in [6.07, 6.45) is 9.95. The molecule has 3 nitrogen and oxygen atoms in total. The molecule has 5 atom stereocenters. The van der Waals surface area contributed by atoms with E-state index in [1.807, 2.05) is 0 Å². The van der Waals surface area contributed by atoms with E-state index < -0.39 is 0 Å². The second kappa shape index (κ2) is 6.11. The zero-order chi connectivity index (χ0) is 13.2. The van der Waals surface area contributed by atoms with Gasteiger partial charge in [0.15, 0.2) is 0 Å². The molecule has 3 heteroatoms. The van der Waals surface area contributed by atoms with Gasteiger partial charge in [-0.2, -0.15) is 0 Å². The lowest BCUT2D eigenvalue weighted by atomic mass is 9.76. The lowest BCUT2D eigenvalue weighted by molar-refractivity contribution is -0.0892. The van der Waals surface area contributed by atoms with Gasteiger partial charge in [-0.3, -0.25) is 4.90 Å². The van der Waals surface area contributed by atoms with E-state index in [0.29, 0.717) is 12.1 Å². The standard InChI is InChI=1S/C16H30N2O/c1-2-12-6-7-13(11-17)15(10-12)18-8-9-19-16-5-3-4-14(16)18/h12-16H,2-11,17H2,1H3. The highest BCUT2D eigenvalue weighted by atomic mass is 16.5. The summed E-state index contributed by atoms with van der Waals surface area (Å²) < 4.78 is 5.97. The van der Waals surface area contributed by atoms with Crippen molar-refractivity contribution in [3.8, 4) is 0 Å². The molecule has 1 saturated heterocycles. The molecule has 0 aromatic carbocycles. The van der Waals surface area contributed by atoms with Crippen LogP contribution in [0.15, 0.2) is 0 Å². The van der Waals surface area contributed by atoms with E-state index in [9.17, 15) is 0 Å². The molecule has 1 aliphatic heterocycles. The molecule has 3 fully saturated rings. The molecule has 0 aromatic heterocycles. The van der Waals surface area contributed by atoms with Crippen molar-refractivity contribution in [2.24, 2.45) is 17.6 Å². The molecule has 2 saturated carbocycles. The number of hydrogen-bond donors (Lipinski definition) is 1. The van der Waals surface area contributed by atoms with Gasteiger partial charge in [-0.15, -0.1) is 0 Å². The summed E-state index contributed by atoms with van der Waals surface area (Å²) in [4.78, 5) is 2.81. The van der Waals surface area contributed by atoms with Gasteiger partial charge in [-0.25, -0.2) is 0 Å². The Hall–Kier alpha value is -0.120. The third-order valence-electron chi connectivity index (χ3n) is 5.90. The van der Waals surface area contributed by atoms with E-state index in [-0.39, 0.29) is 0 Å². The Balaban J connectivity index is 1.73. The predicted octanol–water partition coefficient (Wildman–Crippen LogP) is 2.39. The average molecular weight is 266 g/mol. The number of ether oxygens (including phenoxy) is 1. The Labute approximate surface area is 117 Å². The van der Waals surface area contributed by atoms with Crippen molar-refractivity contribution in [2.45, 2.75) is 70.1 Å². The zero-order valence-electron chi connectivity index (χ0n) is 12.4. The van der Waals surface area contributed by atoms with Crippen LogP contribution in [0.3, 0.4) is 0 Å². The Morgan fingerprint density at radius 1 is 1.16 bits per heavy atom. The van der Waals surface area contributed by atoms with Crippen molar-refractivity contribution < 1.29 is 4.74 Å². The molecule has 110 valence electrons. The van der Waals surface area contributed by atoms with Crippen molar-refractivity contribution in [3.63, 3.8) is 0 Å². The molecular formula is C16H30N2O. The number of nitrogens with zero attached hydrogens (tertiary/aromatic N) is 1. The number of morpholine rings is 1. The van der Waals surface area contributed by atoms with Gasteiger partial charge in [-0.05, 0) is 50.5 Å². The quantitative estimate of drug-likeness (QED) is 0.852. The fourth-order valence-electron chi connectivity index (χ4n) is 4.71. The highest BCUT2D eigenvalue weighted by Crippen LogP contribution is 2.39. The van der Waals surface area contributed by atoms with Gasteiger partial charge in [0.25, 0.3) is 0 Å². The molecule has 0 aromatic rings. The Morgan fingerprint density at radius 3 is 2.84 bits per heavy atom. The highest BCUT2D eigenvalue weighted by Gasteiger charge is 2.42. The summed E-state index contributed by atoms with van der Waals surface area (Å²) in [7, 11) is 0. The van der Waals surface area contributed by atoms with Crippen LogP contribution in [0.1, 0.15) is 51.9 Å². The first-order valence-electron chi connectivity index (χ1n) is 8.41. The maximum Gasteiger partial charge on any atom is 0.0731 e. The summed E-state index contributed by atoms with van der Waals surface area (Å²) in [5.41, 5.74) is 6.07. The van der Waals surface area contributed by atoms with Crippen LogP contribution in [0.5, 0.6) is 0 Å². The third-order valence-corrected chi connectivity index (χ3v) is 5.90.